The van der Waals surface area contributed by atoms with Gasteiger partial charge in [0.15, 0.2) is 0 Å². The first-order chi connectivity index (χ1) is 9.69. The van der Waals surface area contributed by atoms with Crippen LogP contribution in [-0.4, -0.2) is 17.6 Å². The smallest absolute Gasteiger partial charge is 0.256 e. The van der Waals surface area contributed by atoms with Gasteiger partial charge in [-0.25, -0.2) is 0 Å². The highest BCUT2D eigenvalue weighted by molar-refractivity contribution is 7.10. The summed E-state index contributed by atoms with van der Waals surface area (Å²) in [6.07, 6.45) is 0.432. The second kappa shape index (κ2) is 7.11. The zero-order valence-corrected chi connectivity index (χ0v) is 12.1. The lowest BCUT2D eigenvalue weighted by atomic mass is 10.2. The van der Waals surface area contributed by atoms with Crippen molar-refractivity contribution in [1.82, 2.24) is 0 Å². The average Bonchev–Trinajstić information content (AvgIpc) is 2.88. The van der Waals surface area contributed by atoms with Gasteiger partial charge in [0.2, 0.25) is 0 Å². The Hall–Kier alpha value is -1.80. The summed E-state index contributed by atoms with van der Waals surface area (Å²) in [4.78, 5) is 12.8. The molecule has 1 amide bonds. The van der Waals surface area contributed by atoms with Crippen molar-refractivity contribution in [3.63, 3.8) is 0 Å². The van der Waals surface area contributed by atoms with Crippen LogP contribution in [0.5, 0.6) is 0 Å². The summed E-state index contributed by atoms with van der Waals surface area (Å²) in [6, 6.07) is 8.72. The number of anilines is 1. The topological polar surface area (TPSA) is 49.3 Å². The van der Waals surface area contributed by atoms with Crippen molar-refractivity contribution >= 4 is 34.5 Å². The number of aliphatic hydroxyl groups is 1. The molecule has 0 aliphatic heterocycles. The van der Waals surface area contributed by atoms with Gasteiger partial charge in [0.05, 0.1) is 17.0 Å². The van der Waals surface area contributed by atoms with E-state index in [1.54, 1.807) is 35.7 Å². The average molecular weight is 306 g/mol. The minimum absolute atomic E-state index is 0.0421. The summed E-state index contributed by atoms with van der Waals surface area (Å²) in [7, 11) is 0. The van der Waals surface area contributed by atoms with Crippen LogP contribution < -0.4 is 5.32 Å². The Balaban J connectivity index is 2.05. The van der Waals surface area contributed by atoms with Crippen molar-refractivity contribution in [3.8, 4) is 11.8 Å². The molecular weight excluding hydrogens is 294 g/mol. The molecule has 0 spiro atoms. The molecule has 0 aliphatic rings. The van der Waals surface area contributed by atoms with Gasteiger partial charge in [0.1, 0.15) is 0 Å². The number of thiophene rings is 1. The number of amides is 1. The number of hydrogen-bond acceptors (Lipinski definition) is 3. The van der Waals surface area contributed by atoms with E-state index in [-0.39, 0.29) is 12.5 Å². The zero-order valence-electron chi connectivity index (χ0n) is 10.5. The molecule has 0 saturated carbocycles. The minimum Gasteiger partial charge on any atom is -0.395 e. The van der Waals surface area contributed by atoms with E-state index in [0.29, 0.717) is 22.7 Å². The molecular formula is C15H12ClNO2S. The summed E-state index contributed by atoms with van der Waals surface area (Å²) in [5.74, 6) is 5.53. The molecule has 2 rings (SSSR count). The third-order valence-corrected chi connectivity index (χ3v) is 3.47. The van der Waals surface area contributed by atoms with Gasteiger partial charge >= 0.3 is 0 Å². The van der Waals surface area contributed by atoms with Gasteiger partial charge in [-0.15, -0.1) is 11.3 Å². The quantitative estimate of drug-likeness (QED) is 0.854. The third-order valence-electron chi connectivity index (χ3n) is 2.39. The van der Waals surface area contributed by atoms with Crippen LogP contribution in [0.4, 0.5) is 5.69 Å². The summed E-state index contributed by atoms with van der Waals surface area (Å²) < 4.78 is 0. The number of carbonyl (C=O) groups is 1. The Bertz CT molecular complexity index is 670. The molecule has 1 heterocycles. The van der Waals surface area contributed by atoms with Gasteiger partial charge in [-0.05, 0) is 24.3 Å². The second-order valence-corrected chi connectivity index (χ2v) is 5.29. The molecule has 102 valence electrons. The molecule has 3 nitrogen and oxygen atoms in total. The number of rotatable bonds is 3. The monoisotopic (exact) mass is 305 g/mol. The molecule has 0 unspecified atom stereocenters. The van der Waals surface area contributed by atoms with Gasteiger partial charge in [0.25, 0.3) is 5.91 Å². The molecule has 2 N–H and O–H groups in total. The van der Waals surface area contributed by atoms with E-state index in [1.165, 1.54) is 11.3 Å². The summed E-state index contributed by atoms with van der Waals surface area (Å²) >= 11 is 7.26. The summed E-state index contributed by atoms with van der Waals surface area (Å²) in [5, 5.41) is 13.8. The number of hydrogen-bond donors (Lipinski definition) is 2. The lowest BCUT2D eigenvalue weighted by molar-refractivity contribution is 0.102. The molecule has 1 aromatic carbocycles. The van der Waals surface area contributed by atoms with E-state index in [9.17, 15) is 4.79 Å². The van der Waals surface area contributed by atoms with Crippen LogP contribution in [0.1, 0.15) is 21.7 Å². The number of carbonyl (C=O) groups excluding carboxylic acids is 1. The van der Waals surface area contributed by atoms with E-state index in [0.717, 1.165) is 4.88 Å². The fourth-order valence-electron chi connectivity index (χ4n) is 1.50. The Kier molecular flexibility index (Phi) is 5.19. The van der Waals surface area contributed by atoms with Gasteiger partial charge < -0.3 is 10.4 Å². The Morgan fingerprint density at radius 3 is 3.00 bits per heavy atom. The number of nitrogens with one attached hydrogen (secondary N) is 1. The Morgan fingerprint density at radius 1 is 1.40 bits per heavy atom. The maximum Gasteiger partial charge on any atom is 0.256 e. The molecule has 0 aliphatic carbocycles. The number of halogens is 1. The summed E-state index contributed by atoms with van der Waals surface area (Å²) in [5.41, 5.74) is 1.21. The predicted molar refractivity (Wildman–Crippen MR) is 82.3 cm³/mol. The Morgan fingerprint density at radius 2 is 2.25 bits per heavy atom. The lowest BCUT2D eigenvalue weighted by Crippen LogP contribution is -2.10. The van der Waals surface area contributed by atoms with Crippen LogP contribution in [0.2, 0.25) is 5.02 Å². The second-order valence-electron chi connectivity index (χ2n) is 3.94. The predicted octanol–water partition coefficient (Wildman–Crippen LogP) is 3.39. The molecule has 1 aromatic heterocycles. The molecule has 0 bridgehead atoms. The third kappa shape index (κ3) is 4.10. The fourth-order valence-corrected chi connectivity index (χ4v) is 2.44. The van der Waals surface area contributed by atoms with Gasteiger partial charge in [-0.1, -0.05) is 29.5 Å². The molecule has 20 heavy (non-hydrogen) atoms. The van der Waals surface area contributed by atoms with Crippen LogP contribution in [0.25, 0.3) is 0 Å². The van der Waals surface area contributed by atoms with Crippen LogP contribution >= 0.6 is 22.9 Å². The normalized spacial score (nSPS) is 9.70. The van der Waals surface area contributed by atoms with Gasteiger partial charge in [0, 0.05) is 22.5 Å². The Labute approximate surface area is 126 Å². The highest BCUT2D eigenvalue weighted by atomic mass is 35.5. The molecule has 0 radical (unpaired) electrons. The van der Waals surface area contributed by atoms with Gasteiger partial charge in [-0.3, -0.25) is 4.79 Å². The van der Waals surface area contributed by atoms with Crippen molar-refractivity contribution in [2.45, 2.75) is 6.42 Å². The lowest BCUT2D eigenvalue weighted by Gasteiger charge is -2.03. The van der Waals surface area contributed by atoms with E-state index < -0.39 is 0 Å². The first-order valence-electron chi connectivity index (χ1n) is 5.94. The van der Waals surface area contributed by atoms with Crippen LogP contribution in [0.15, 0.2) is 35.7 Å². The molecule has 0 fully saturated rings. The van der Waals surface area contributed by atoms with Crippen molar-refractivity contribution < 1.29 is 9.90 Å². The van der Waals surface area contributed by atoms with E-state index in [4.69, 9.17) is 16.7 Å². The SMILES string of the molecule is O=C(Nc1cccc(Cl)c1)c1csc(C#CCCO)c1. The molecule has 0 atom stereocenters. The zero-order chi connectivity index (χ0) is 14.4. The fraction of sp³-hybridized carbons (Fsp3) is 0.133. The first kappa shape index (κ1) is 14.6. The van der Waals surface area contributed by atoms with Crippen molar-refractivity contribution in [2.24, 2.45) is 0 Å². The largest absolute Gasteiger partial charge is 0.395 e. The number of aliphatic hydroxyl groups excluding tert-OH is 1. The maximum absolute atomic E-state index is 12.0. The first-order valence-corrected chi connectivity index (χ1v) is 7.20. The van der Waals surface area contributed by atoms with Gasteiger partial charge in [-0.2, -0.15) is 0 Å². The van der Waals surface area contributed by atoms with Crippen molar-refractivity contribution in [3.05, 3.63) is 51.2 Å². The van der Waals surface area contributed by atoms with Crippen LogP contribution in [0, 0.1) is 11.8 Å². The minimum atomic E-state index is -0.196. The standard InChI is InChI=1S/C15H12ClNO2S/c16-12-4-3-5-13(9-12)17-15(19)11-8-14(20-10-11)6-1-2-7-18/h3-5,8-10,18H,2,7H2,(H,17,19). The van der Waals surface area contributed by atoms with E-state index >= 15 is 0 Å². The molecule has 0 saturated heterocycles. The van der Waals surface area contributed by atoms with E-state index in [2.05, 4.69) is 17.2 Å². The summed E-state index contributed by atoms with van der Waals surface area (Å²) in [6.45, 7) is 0.0421. The van der Waals surface area contributed by atoms with Crippen LogP contribution in [0.3, 0.4) is 0 Å². The maximum atomic E-state index is 12.0. The highest BCUT2D eigenvalue weighted by Crippen LogP contribution is 2.18. The van der Waals surface area contributed by atoms with Crippen molar-refractivity contribution in [2.75, 3.05) is 11.9 Å². The van der Waals surface area contributed by atoms with Crippen molar-refractivity contribution in [1.29, 1.82) is 0 Å². The van der Waals surface area contributed by atoms with Crippen LogP contribution in [-0.2, 0) is 0 Å². The molecule has 2 aromatic rings. The molecule has 5 heteroatoms. The van der Waals surface area contributed by atoms with E-state index in [1.807, 2.05) is 0 Å². The highest BCUT2D eigenvalue weighted by Gasteiger charge is 2.08. The number of benzene rings is 1.